The number of thiophene rings is 1. The summed E-state index contributed by atoms with van der Waals surface area (Å²) in [5.41, 5.74) is -0.124. The highest BCUT2D eigenvalue weighted by Crippen LogP contribution is 2.40. The minimum absolute atomic E-state index is 0.109. The topological polar surface area (TPSA) is 0 Å². The smallest absolute Gasteiger partial charge is 0.205 e. The van der Waals surface area contributed by atoms with Gasteiger partial charge in [-0.2, -0.15) is 0 Å². The molecule has 0 amide bonds. The van der Waals surface area contributed by atoms with E-state index in [0.29, 0.717) is 4.47 Å². The van der Waals surface area contributed by atoms with Crippen molar-refractivity contribution in [1.29, 1.82) is 0 Å². The van der Waals surface area contributed by atoms with Crippen molar-refractivity contribution >= 4 is 49.0 Å². The maximum Gasteiger partial charge on any atom is 0.266 e. The zero-order valence-electron chi connectivity index (χ0n) is 6.73. The molecule has 5 heteroatoms. The van der Waals surface area contributed by atoms with Gasteiger partial charge < -0.3 is 0 Å². The van der Waals surface area contributed by atoms with Crippen molar-refractivity contribution in [3.8, 4) is 0 Å². The van der Waals surface area contributed by atoms with Crippen LogP contribution in [0.3, 0.4) is 0 Å². The first-order valence-electron chi connectivity index (χ1n) is 3.74. The summed E-state index contributed by atoms with van der Waals surface area (Å²) < 4.78 is 26.4. The number of halogens is 4. The standard InChI is InChI=1S/C9H4BrClF2S/c10-7-6(9(12)13)5(11)3-4-1-2-14-8(4)7/h1-3,9H. The molecule has 0 unspecified atom stereocenters. The molecule has 2 rings (SSSR count). The van der Waals surface area contributed by atoms with E-state index < -0.39 is 6.43 Å². The highest BCUT2D eigenvalue weighted by Gasteiger charge is 2.18. The fourth-order valence-electron chi connectivity index (χ4n) is 1.25. The van der Waals surface area contributed by atoms with E-state index >= 15 is 0 Å². The van der Waals surface area contributed by atoms with Crippen LogP contribution in [-0.2, 0) is 0 Å². The van der Waals surface area contributed by atoms with E-state index in [1.54, 1.807) is 6.07 Å². The molecular formula is C9H4BrClF2S. The van der Waals surface area contributed by atoms with Crippen LogP contribution < -0.4 is 0 Å². The summed E-state index contributed by atoms with van der Waals surface area (Å²) in [7, 11) is 0. The molecule has 0 aliphatic rings. The lowest BCUT2D eigenvalue weighted by Crippen LogP contribution is -1.88. The first-order chi connectivity index (χ1) is 6.61. The van der Waals surface area contributed by atoms with Gasteiger partial charge in [0, 0.05) is 9.17 Å². The van der Waals surface area contributed by atoms with E-state index in [4.69, 9.17) is 11.6 Å². The third-order valence-corrected chi connectivity index (χ3v) is 4.24. The Morgan fingerprint density at radius 2 is 2.14 bits per heavy atom. The minimum Gasteiger partial charge on any atom is -0.205 e. The lowest BCUT2D eigenvalue weighted by molar-refractivity contribution is 0.151. The van der Waals surface area contributed by atoms with Gasteiger partial charge in [-0.3, -0.25) is 0 Å². The van der Waals surface area contributed by atoms with Crippen LogP contribution in [0.15, 0.2) is 22.0 Å². The molecular weight excluding hydrogens is 294 g/mol. The summed E-state index contributed by atoms with van der Waals surface area (Å²) in [5, 5.41) is 2.84. The Morgan fingerprint density at radius 3 is 2.79 bits per heavy atom. The Kier molecular flexibility index (Phi) is 2.77. The molecule has 0 saturated heterocycles. The minimum atomic E-state index is -2.55. The van der Waals surface area contributed by atoms with Gasteiger partial charge in [-0.05, 0) is 38.8 Å². The number of hydrogen-bond acceptors (Lipinski definition) is 1. The third kappa shape index (κ3) is 1.55. The maximum atomic E-state index is 12.6. The van der Waals surface area contributed by atoms with Gasteiger partial charge in [0.25, 0.3) is 6.43 Å². The van der Waals surface area contributed by atoms with Crippen LogP contribution in [0.1, 0.15) is 12.0 Å². The Bertz CT molecular complexity index is 481. The predicted molar refractivity (Wildman–Crippen MR) is 59.5 cm³/mol. The monoisotopic (exact) mass is 296 g/mol. The number of benzene rings is 1. The summed E-state index contributed by atoms with van der Waals surface area (Å²) in [5.74, 6) is 0. The molecule has 0 nitrogen and oxygen atoms in total. The summed E-state index contributed by atoms with van der Waals surface area (Å²) in [4.78, 5) is 0. The zero-order valence-corrected chi connectivity index (χ0v) is 9.89. The van der Waals surface area contributed by atoms with Crippen LogP contribution >= 0.6 is 38.9 Å². The van der Waals surface area contributed by atoms with E-state index in [9.17, 15) is 8.78 Å². The van der Waals surface area contributed by atoms with E-state index in [1.807, 2.05) is 11.4 Å². The lowest BCUT2D eigenvalue weighted by Gasteiger charge is -2.06. The number of hydrogen-bond donors (Lipinski definition) is 0. The molecule has 0 fully saturated rings. The average Bonchev–Trinajstić information content (AvgIpc) is 2.50. The molecule has 1 heterocycles. The molecule has 1 aromatic heterocycles. The summed E-state index contributed by atoms with van der Waals surface area (Å²) >= 11 is 10.3. The van der Waals surface area contributed by atoms with Crippen LogP contribution in [0, 0.1) is 0 Å². The molecule has 0 spiro atoms. The van der Waals surface area contributed by atoms with Gasteiger partial charge in [0.1, 0.15) is 0 Å². The number of rotatable bonds is 1. The Morgan fingerprint density at radius 1 is 1.43 bits per heavy atom. The number of alkyl halides is 2. The van der Waals surface area contributed by atoms with E-state index in [0.717, 1.165) is 10.1 Å². The van der Waals surface area contributed by atoms with Crippen molar-refractivity contribution in [3.63, 3.8) is 0 Å². The summed E-state index contributed by atoms with van der Waals surface area (Å²) in [6.07, 6.45) is -2.55. The van der Waals surface area contributed by atoms with Crippen molar-refractivity contribution in [2.75, 3.05) is 0 Å². The molecule has 0 radical (unpaired) electrons. The van der Waals surface area contributed by atoms with Gasteiger partial charge in [0.05, 0.1) is 10.6 Å². The van der Waals surface area contributed by atoms with Gasteiger partial charge in [-0.15, -0.1) is 11.3 Å². The SMILES string of the molecule is FC(F)c1c(Cl)cc2ccsc2c1Br. The fourth-order valence-corrected chi connectivity index (χ4v) is 3.38. The summed E-state index contributed by atoms with van der Waals surface area (Å²) in [6.45, 7) is 0. The van der Waals surface area contributed by atoms with Crippen LogP contribution in [0.4, 0.5) is 8.78 Å². The average molecular weight is 298 g/mol. The predicted octanol–water partition coefficient (Wildman–Crippen LogP) is 5.25. The lowest BCUT2D eigenvalue weighted by atomic mass is 10.2. The molecule has 0 saturated carbocycles. The van der Waals surface area contributed by atoms with Crippen molar-refractivity contribution < 1.29 is 8.78 Å². The van der Waals surface area contributed by atoms with Gasteiger partial charge >= 0.3 is 0 Å². The molecule has 0 aliphatic heterocycles. The highest BCUT2D eigenvalue weighted by atomic mass is 79.9. The highest BCUT2D eigenvalue weighted by molar-refractivity contribution is 9.10. The molecule has 0 aliphatic carbocycles. The molecule has 2 aromatic rings. The first kappa shape index (κ1) is 10.3. The van der Waals surface area contributed by atoms with Gasteiger partial charge in [0.15, 0.2) is 0 Å². The summed E-state index contributed by atoms with van der Waals surface area (Å²) in [6, 6.07) is 3.42. The van der Waals surface area contributed by atoms with E-state index in [-0.39, 0.29) is 10.6 Å². The Labute approximate surface area is 96.6 Å². The van der Waals surface area contributed by atoms with Crippen LogP contribution in [0.25, 0.3) is 10.1 Å². The van der Waals surface area contributed by atoms with Gasteiger partial charge in [-0.25, -0.2) is 8.78 Å². The van der Waals surface area contributed by atoms with Crippen molar-refractivity contribution in [2.24, 2.45) is 0 Å². The third-order valence-electron chi connectivity index (χ3n) is 1.89. The largest absolute Gasteiger partial charge is 0.266 e. The molecule has 74 valence electrons. The van der Waals surface area contributed by atoms with Gasteiger partial charge in [-0.1, -0.05) is 11.6 Å². The number of fused-ring (bicyclic) bond motifs is 1. The molecule has 0 bridgehead atoms. The van der Waals surface area contributed by atoms with Gasteiger partial charge in [0.2, 0.25) is 0 Å². The zero-order chi connectivity index (χ0) is 10.3. The molecule has 0 atom stereocenters. The fraction of sp³-hybridized carbons (Fsp3) is 0.111. The van der Waals surface area contributed by atoms with Crippen LogP contribution in [0.2, 0.25) is 5.02 Å². The molecule has 14 heavy (non-hydrogen) atoms. The van der Waals surface area contributed by atoms with Crippen LogP contribution in [-0.4, -0.2) is 0 Å². The maximum absolute atomic E-state index is 12.6. The second kappa shape index (κ2) is 3.76. The normalized spacial score (nSPS) is 11.5. The Balaban J connectivity index is 2.82. The quantitative estimate of drug-likeness (QED) is 0.674. The Hall–Kier alpha value is -0.190. The molecule has 1 aromatic carbocycles. The molecule has 0 N–H and O–H groups in total. The van der Waals surface area contributed by atoms with E-state index in [1.165, 1.54) is 11.3 Å². The van der Waals surface area contributed by atoms with Crippen molar-refractivity contribution in [3.05, 3.63) is 32.6 Å². The first-order valence-corrected chi connectivity index (χ1v) is 5.79. The van der Waals surface area contributed by atoms with E-state index in [2.05, 4.69) is 15.9 Å². The second-order valence-corrected chi connectivity index (χ2v) is 4.84. The van der Waals surface area contributed by atoms with Crippen molar-refractivity contribution in [1.82, 2.24) is 0 Å². The second-order valence-electron chi connectivity index (χ2n) is 2.73. The van der Waals surface area contributed by atoms with Crippen LogP contribution in [0.5, 0.6) is 0 Å². The van der Waals surface area contributed by atoms with Crippen molar-refractivity contribution in [2.45, 2.75) is 6.43 Å².